The van der Waals surface area contributed by atoms with Crippen LogP contribution in [-0.2, 0) is 4.79 Å². The van der Waals surface area contributed by atoms with E-state index in [2.05, 4.69) is 0 Å². The highest BCUT2D eigenvalue weighted by atomic mass is 35.5. The molecule has 0 aliphatic rings. The summed E-state index contributed by atoms with van der Waals surface area (Å²) >= 11 is 6.03. The van der Waals surface area contributed by atoms with E-state index >= 15 is 0 Å². The molecule has 88 valence electrons. The molecule has 1 atom stereocenters. The van der Waals surface area contributed by atoms with Gasteiger partial charge in [0.1, 0.15) is 5.75 Å². The molecule has 1 aromatic rings. The van der Waals surface area contributed by atoms with Crippen molar-refractivity contribution in [1.82, 2.24) is 0 Å². The second kappa shape index (κ2) is 5.75. The first kappa shape index (κ1) is 12.8. The van der Waals surface area contributed by atoms with Gasteiger partial charge in [0.25, 0.3) is 0 Å². The summed E-state index contributed by atoms with van der Waals surface area (Å²) in [5, 5.41) is 0.558. The SMILES string of the molecule is CCC(CC(N)=O)c1ccc(OC)c(Cl)c1. The van der Waals surface area contributed by atoms with Crippen molar-refractivity contribution in [2.45, 2.75) is 25.7 Å². The lowest BCUT2D eigenvalue weighted by Crippen LogP contribution is -2.15. The van der Waals surface area contributed by atoms with Gasteiger partial charge in [-0.1, -0.05) is 24.6 Å². The van der Waals surface area contributed by atoms with Crippen LogP contribution in [0.1, 0.15) is 31.2 Å². The molecule has 16 heavy (non-hydrogen) atoms. The molecule has 3 nitrogen and oxygen atoms in total. The average molecular weight is 242 g/mol. The quantitative estimate of drug-likeness (QED) is 0.862. The Morgan fingerprint density at radius 2 is 2.25 bits per heavy atom. The van der Waals surface area contributed by atoms with Crippen LogP contribution in [-0.4, -0.2) is 13.0 Å². The summed E-state index contributed by atoms with van der Waals surface area (Å²) < 4.78 is 5.07. The van der Waals surface area contributed by atoms with E-state index in [0.717, 1.165) is 12.0 Å². The molecule has 0 fully saturated rings. The van der Waals surface area contributed by atoms with E-state index in [4.69, 9.17) is 22.1 Å². The minimum Gasteiger partial charge on any atom is -0.495 e. The fourth-order valence-corrected chi connectivity index (χ4v) is 1.94. The van der Waals surface area contributed by atoms with Gasteiger partial charge in [0, 0.05) is 6.42 Å². The van der Waals surface area contributed by atoms with Crippen LogP contribution in [0.5, 0.6) is 5.75 Å². The average Bonchev–Trinajstić information content (AvgIpc) is 2.25. The number of carbonyl (C=O) groups is 1. The van der Waals surface area contributed by atoms with Crippen LogP contribution in [0.3, 0.4) is 0 Å². The third-order valence-electron chi connectivity index (χ3n) is 2.59. The highest BCUT2D eigenvalue weighted by Gasteiger charge is 2.13. The number of carbonyl (C=O) groups excluding carboxylic acids is 1. The molecule has 0 radical (unpaired) electrons. The third-order valence-corrected chi connectivity index (χ3v) is 2.88. The summed E-state index contributed by atoms with van der Waals surface area (Å²) in [6, 6.07) is 5.56. The Labute approximate surface area is 101 Å². The van der Waals surface area contributed by atoms with Crippen LogP contribution in [0, 0.1) is 0 Å². The van der Waals surface area contributed by atoms with Gasteiger partial charge in [-0.3, -0.25) is 4.79 Å². The van der Waals surface area contributed by atoms with Gasteiger partial charge in [-0.2, -0.15) is 0 Å². The Morgan fingerprint density at radius 3 is 2.69 bits per heavy atom. The van der Waals surface area contributed by atoms with E-state index in [1.54, 1.807) is 13.2 Å². The lowest BCUT2D eigenvalue weighted by molar-refractivity contribution is -0.118. The molecule has 1 amide bonds. The Morgan fingerprint density at radius 1 is 1.56 bits per heavy atom. The lowest BCUT2D eigenvalue weighted by Gasteiger charge is -2.14. The van der Waals surface area contributed by atoms with Crippen LogP contribution in [0.2, 0.25) is 5.02 Å². The predicted molar refractivity (Wildman–Crippen MR) is 64.8 cm³/mol. The lowest BCUT2D eigenvalue weighted by atomic mass is 9.93. The van der Waals surface area contributed by atoms with Gasteiger partial charge in [0.15, 0.2) is 0 Å². The minimum absolute atomic E-state index is 0.126. The van der Waals surface area contributed by atoms with Gasteiger partial charge in [-0.05, 0) is 30.0 Å². The first-order chi connectivity index (χ1) is 7.58. The number of halogens is 1. The molecule has 0 saturated carbocycles. The van der Waals surface area contributed by atoms with Gasteiger partial charge in [0.2, 0.25) is 5.91 Å². The molecule has 2 N–H and O–H groups in total. The standard InChI is InChI=1S/C12H16ClNO2/c1-3-8(7-12(14)15)9-4-5-11(16-2)10(13)6-9/h4-6,8H,3,7H2,1-2H3,(H2,14,15). The summed E-state index contributed by atoms with van der Waals surface area (Å²) in [7, 11) is 1.57. The Hall–Kier alpha value is -1.22. The number of hydrogen-bond donors (Lipinski definition) is 1. The van der Waals surface area contributed by atoms with Crippen molar-refractivity contribution in [3.05, 3.63) is 28.8 Å². The molecule has 1 unspecified atom stereocenters. The second-order valence-corrected chi connectivity index (χ2v) is 4.08. The predicted octanol–water partition coefficient (Wildman–Crippen LogP) is 2.72. The van der Waals surface area contributed by atoms with Gasteiger partial charge in [-0.25, -0.2) is 0 Å². The van der Waals surface area contributed by atoms with E-state index in [-0.39, 0.29) is 11.8 Å². The zero-order chi connectivity index (χ0) is 12.1. The molecule has 0 spiro atoms. The number of primary amides is 1. The number of ether oxygens (including phenoxy) is 1. The molecule has 0 bridgehead atoms. The molecule has 0 aliphatic heterocycles. The van der Waals surface area contributed by atoms with E-state index < -0.39 is 0 Å². The minimum atomic E-state index is -0.293. The molecule has 1 aromatic carbocycles. The van der Waals surface area contributed by atoms with Crippen LogP contribution >= 0.6 is 11.6 Å². The number of hydrogen-bond acceptors (Lipinski definition) is 2. The molecular formula is C12H16ClNO2. The van der Waals surface area contributed by atoms with Crippen molar-refractivity contribution in [2.24, 2.45) is 5.73 Å². The van der Waals surface area contributed by atoms with Crippen molar-refractivity contribution in [3.63, 3.8) is 0 Å². The zero-order valence-electron chi connectivity index (χ0n) is 9.50. The first-order valence-electron chi connectivity index (χ1n) is 5.20. The molecule has 0 aromatic heterocycles. The van der Waals surface area contributed by atoms with Crippen molar-refractivity contribution in [1.29, 1.82) is 0 Å². The first-order valence-corrected chi connectivity index (χ1v) is 5.58. The van der Waals surface area contributed by atoms with E-state index in [0.29, 0.717) is 17.2 Å². The summed E-state index contributed by atoms with van der Waals surface area (Å²) in [6.07, 6.45) is 1.20. The van der Waals surface area contributed by atoms with E-state index in [9.17, 15) is 4.79 Å². The van der Waals surface area contributed by atoms with Gasteiger partial charge >= 0.3 is 0 Å². The topological polar surface area (TPSA) is 52.3 Å². The van der Waals surface area contributed by atoms with Crippen molar-refractivity contribution in [2.75, 3.05) is 7.11 Å². The maximum absolute atomic E-state index is 10.9. The normalized spacial score (nSPS) is 12.2. The maximum Gasteiger partial charge on any atom is 0.218 e. The number of amides is 1. The second-order valence-electron chi connectivity index (χ2n) is 3.67. The van der Waals surface area contributed by atoms with E-state index in [1.807, 2.05) is 19.1 Å². The Bertz CT molecular complexity index is 379. The van der Waals surface area contributed by atoms with Gasteiger partial charge < -0.3 is 10.5 Å². The highest BCUT2D eigenvalue weighted by Crippen LogP contribution is 2.30. The van der Waals surface area contributed by atoms with Crippen LogP contribution < -0.4 is 10.5 Å². The number of benzene rings is 1. The molecule has 0 aliphatic carbocycles. The smallest absolute Gasteiger partial charge is 0.218 e. The maximum atomic E-state index is 10.9. The van der Waals surface area contributed by atoms with Gasteiger partial charge in [-0.15, -0.1) is 0 Å². The number of rotatable bonds is 5. The van der Waals surface area contributed by atoms with Crippen LogP contribution in [0.25, 0.3) is 0 Å². The Kier molecular flexibility index (Phi) is 4.62. The molecule has 0 saturated heterocycles. The summed E-state index contributed by atoms with van der Waals surface area (Å²) in [6.45, 7) is 2.02. The van der Waals surface area contributed by atoms with Crippen LogP contribution in [0.4, 0.5) is 0 Å². The summed E-state index contributed by atoms with van der Waals surface area (Å²) in [5.41, 5.74) is 6.22. The van der Waals surface area contributed by atoms with Crippen molar-refractivity contribution >= 4 is 17.5 Å². The fraction of sp³-hybridized carbons (Fsp3) is 0.417. The number of nitrogens with two attached hydrogens (primary N) is 1. The summed E-state index contributed by atoms with van der Waals surface area (Å²) in [5.74, 6) is 0.471. The largest absolute Gasteiger partial charge is 0.495 e. The molecule has 1 rings (SSSR count). The number of methoxy groups -OCH3 is 1. The van der Waals surface area contributed by atoms with Crippen molar-refractivity contribution < 1.29 is 9.53 Å². The monoisotopic (exact) mass is 241 g/mol. The Balaban J connectivity index is 2.93. The fourth-order valence-electron chi connectivity index (χ4n) is 1.68. The van der Waals surface area contributed by atoms with Crippen LogP contribution in [0.15, 0.2) is 18.2 Å². The van der Waals surface area contributed by atoms with Gasteiger partial charge in [0.05, 0.1) is 12.1 Å². The van der Waals surface area contributed by atoms with E-state index in [1.165, 1.54) is 0 Å². The molecule has 0 heterocycles. The highest BCUT2D eigenvalue weighted by molar-refractivity contribution is 6.32. The molecule has 4 heteroatoms. The zero-order valence-corrected chi connectivity index (χ0v) is 10.3. The molecular weight excluding hydrogens is 226 g/mol. The third kappa shape index (κ3) is 3.14. The summed E-state index contributed by atoms with van der Waals surface area (Å²) in [4.78, 5) is 10.9. The van der Waals surface area contributed by atoms with Crippen molar-refractivity contribution in [3.8, 4) is 5.75 Å².